The molecule has 0 bridgehead atoms. The molecule has 1 saturated heterocycles. The predicted octanol–water partition coefficient (Wildman–Crippen LogP) is 1.15. The van der Waals surface area contributed by atoms with Crippen LogP contribution in [-0.4, -0.2) is 63.4 Å². The number of benzene rings is 1. The molecule has 1 amide bonds. The molecular formula is C17H27N3O4S. The summed E-state index contributed by atoms with van der Waals surface area (Å²) in [5, 5.41) is 0. The van der Waals surface area contributed by atoms with Crippen LogP contribution in [0.5, 0.6) is 5.75 Å². The van der Waals surface area contributed by atoms with E-state index in [0.29, 0.717) is 38.5 Å². The molecule has 0 aliphatic carbocycles. The van der Waals surface area contributed by atoms with Crippen molar-refractivity contribution in [1.29, 1.82) is 0 Å². The second-order valence-corrected chi connectivity index (χ2v) is 8.03. The highest BCUT2D eigenvalue weighted by Gasteiger charge is 2.30. The van der Waals surface area contributed by atoms with Crippen LogP contribution < -0.4 is 10.5 Å². The Bertz CT molecular complexity index is 717. The molecule has 2 N–H and O–H groups in total. The lowest BCUT2D eigenvalue weighted by atomic mass is 10.1. The topological polar surface area (TPSA) is 92.9 Å². The zero-order valence-electron chi connectivity index (χ0n) is 15.1. The van der Waals surface area contributed by atoms with E-state index < -0.39 is 10.0 Å². The maximum absolute atomic E-state index is 12.9. The Morgan fingerprint density at radius 1 is 1.36 bits per heavy atom. The molecule has 1 aromatic rings. The van der Waals surface area contributed by atoms with Crippen LogP contribution in [-0.2, 0) is 10.0 Å². The van der Waals surface area contributed by atoms with Gasteiger partial charge in [-0.2, -0.15) is 4.31 Å². The fraction of sp³-hybridized carbons (Fsp3) is 0.588. The Balaban J connectivity index is 2.39. The molecule has 0 saturated carbocycles. The SMILES string of the molecule is CCN(CC)S(=O)(=O)c1ccc(OC)c(C(=O)N2CCC(CN)C2)c1. The number of sulfonamides is 1. The third-order valence-electron chi connectivity index (χ3n) is 4.65. The highest BCUT2D eigenvalue weighted by atomic mass is 32.2. The fourth-order valence-corrected chi connectivity index (χ4v) is 4.59. The van der Waals surface area contributed by atoms with Crippen LogP contribution in [0.4, 0.5) is 0 Å². The molecule has 1 aliphatic rings. The summed E-state index contributed by atoms with van der Waals surface area (Å²) in [6.07, 6.45) is 0.863. The van der Waals surface area contributed by atoms with Crippen molar-refractivity contribution < 1.29 is 17.9 Å². The van der Waals surface area contributed by atoms with Crippen molar-refractivity contribution in [1.82, 2.24) is 9.21 Å². The molecule has 2 rings (SSSR count). The first-order valence-electron chi connectivity index (χ1n) is 8.56. The van der Waals surface area contributed by atoms with E-state index in [-0.39, 0.29) is 22.3 Å². The zero-order valence-corrected chi connectivity index (χ0v) is 15.9. The van der Waals surface area contributed by atoms with Crippen LogP contribution in [0.2, 0.25) is 0 Å². The van der Waals surface area contributed by atoms with Gasteiger partial charge in [-0.3, -0.25) is 4.79 Å². The minimum atomic E-state index is -3.63. The van der Waals surface area contributed by atoms with Gasteiger partial charge in [0.25, 0.3) is 5.91 Å². The largest absolute Gasteiger partial charge is 0.496 e. The molecule has 1 aliphatic heterocycles. The van der Waals surface area contributed by atoms with Crippen molar-refractivity contribution in [2.75, 3.05) is 39.8 Å². The minimum Gasteiger partial charge on any atom is -0.496 e. The number of rotatable bonds is 7. The first-order valence-corrected chi connectivity index (χ1v) is 10.0. The average molecular weight is 369 g/mol. The summed E-state index contributed by atoms with van der Waals surface area (Å²) >= 11 is 0. The number of ether oxygens (including phenoxy) is 1. The zero-order chi connectivity index (χ0) is 18.6. The number of nitrogens with zero attached hydrogens (tertiary/aromatic N) is 2. The van der Waals surface area contributed by atoms with Gasteiger partial charge in [0.2, 0.25) is 10.0 Å². The first kappa shape index (κ1) is 19.7. The number of hydrogen-bond donors (Lipinski definition) is 1. The molecule has 1 heterocycles. The number of nitrogens with two attached hydrogens (primary N) is 1. The summed E-state index contributed by atoms with van der Waals surface area (Å²) in [5.74, 6) is 0.446. The second-order valence-electron chi connectivity index (χ2n) is 6.09. The van der Waals surface area contributed by atoms with Crippen molar-refractivity contribution in [2.24, 2.45) is 11.7 Å². The van der Waals surface area contributed by atoms with Crippen molar-refractivity contribution in [3.8, 4) is 5.75 Å². The van der Waals surface area contributed by atoms with Crippen molar-refractivity contribution >= 4 is 15.9 Å². The number of carbonyl (C=O) groups is 1. The Kier molecular flexibility index (Phi) is 6.42. The van der Waals surface area contributed by atoms with Gasteiger partial charge in [-0.25, -0.2) is 8.42 Å². The quantitative estimate of drug-likeness (QED) is 0.778. The van der Waals surface area contributed by atoms with Crippen LogP contribution in [0.1, 0.15) is 30.6 Å². The highest BCUT2D eigenvalue weighted by molar-refractivity contribution is 7.89. The molecule has 140 valence electrons. The molecule has 1 aromatic carbocycles. The molecule has 8 heteroatoms. The number of amides is 1. The third-order valence-corrected chi connectivity index (χ3v) is 6.70. The molecule has 0 aromatic heterocycles. The monoisotopic (exact) mass is 369 g/mol. The number of hydrogen-bond acceptors (Lipinski definition) is 5. The normalized spacial score (nSPS) is 18.0. The van der Waals surface area contributed by atoms with Crippen molar-refractivity contribution in [3.05, 3.63) is 23.8 Å². The Hall–Kier alpha value is -1.64. The van der Waals surface area contributed by atoms with E-state index in [1.54, 1.807) is 24.8 Å². The van der Waals surface area contributed by atoms with Crippen LogP contribution in [0.3, 0.4) is 0 Å². The maximum Gasteiger partial charge on any atom is 0.257 e. The van der Waals surface area contributed by atoms with Gasteiger partial charge in [0.05, 0.1) is 17.6 Å². The van der Waals surface area contributed by atoms with Crippen molar-refractivity contribution in [2.45, 2.75) is 25.2 Å². The van der Waals surface area contributed by atoms with Gasteiger partial charge in [-0.15, -0.1) is 0 Å². The molecule has 1 unspecified atom stereocenters. The van der Waals surface area contributed by atoms with E-state index in [9.17, 15) is 13.2 Å². The van der Waals surface area contributed by atoms with Crippen LogP contribution in [0.15, 0.2) is 23.1 Å². The van der Waals surface area contributed by atoms with Gasteiger partial charge < -0.3 is 15.4 Å². The van der Waals surface area contributed by atoms with Gasteiger partial charge >= 0.3 is 0 Å². The van der Waals surface area contributed by atoms with E-state index in [4.69, 9.17) is 10.5 Å². The first-order chi connectivity index (χ1) is 11.9. The Labute approximate surface area is 149 Å². The number of carbonyl (C=O) groups excluding carboxylic acids is 1. The van der Waals surface area contributed by atoms with Crippen LogP contribution in [0, 0.1) is 5.92 Å². The lowest BCUT2D eigenvalue weighted by Gasteiger charge is -2.21. The minimum absolute atomic E-state index is 0.106. The van der Waals surface area contributed by atoms with E-state index in [1.165, 1.54) is 23.5 Å². The molecule has 1 atom stereocenters. The fourth-order valence-electron chi connectivity index (χ4n) is 3.11. The summed E-state index contributed by atoms with van der Waals surface area (Å²) in [6.45, 7) is 6.07. The molecular weight excluding hydrogens is 342 g/mol. The van der Waals surface area contributed by atoms with E-state index >= 15 is 0 Å². The van der Waals surface area contributed by atoms with E-state index in [0.717, 1.165) is 6.42 Å². The van der Waals surface area contributed by atoms with Crippen LogP contribution in [0.25, 0.3) is 0 Å². The van der Waals surface area contributed by atoms with Gasteiger partial charge in [0.15, 0.2) is 0 Å². The molecule has 25 heavy (non-hydrogen) atoms. The predicted molar refractivity (Wildman–Crippen MR) is 96.2 cm³/mol. The average Bonchev–Trinajstić information content (AvgIpc) is 3.10. The smallest absolute Gasteiger partial charge is 0.257 e. The Morgan fingerprint density at radius 3 is 2.56 bits per heavy atom. The van der Waals surface area contributed by atoms with Crippen LogP contribution >= 0.6 is 0 Å². The molecule has 0 spiro atoms. The summed E-state index contributed by atoms with van der Waals surface area (Å²) in [6, 6.07) is 4.45. The molecule has 1 fully saturated rings. The van der Waals surface area contributed by atoms with Gasteiger partial charge in [-0.05, 0) is 37.1 Å². The lowest BCUT2D eigenvalue weighted by molar-refractivity contribution is 0.0784. The number of likely N-dealkylation sites (tertiary alicyclic amines) is 1. The van der Waals surface area contributed by atoms with Crippen molar-refractivity contribution in [3.63, 3.8) is 0 Å². The van der Waals surface area contributed by atoms with E-state index in [2.05, 4.69) is 0 Å². The van der Waals surface area contributed by atoms with Gasteiger partial charge in [-0.1, -0.05) is 13.8 Å². The Morgan fingerprint density at radius 2 is 2.04 bits per heavy atom. The van der Waals surface area contributed by atoms with Gasteiger partial charge in [0.1, 0.15) is 5.75 Å². The third kappa shape index (κ3) is 3.96. The summed E-state index contributed by atoms with van der Waals surface area (Å²) in [5.41, 5.74) is 5.96. The number of methoxy groups -OCH3 is 1. The summed E-state index contributed by atoms with van der Waals surface area (Å²) < 4.78 is 32.1. The van der Waals surface area contributed by atoms with E-state index in [1.807, 2.05) is 0 Å². The van der Waals surface area contributed by atoms with Gasteiger partial charge in [0, 0.05) is 26.2 Å². The highest BCUT2D eigenvalue weighted by Crippen LogP contribution is 2.27. The molecule has 7 nitrogen and oxygen atoms in total. The second kappa shape index (κ2) is 8.16. The molecule has 0 radical (unpaired) electrons. The summed E-state index contributed by atoms with van der Waals surface area (Å²) in [4.78, 5) is 14.7. The standard InChI is InChI=1S/C17H27N3O4S/c1-4-20(5-2)25(22,23)14-6-7-16(24-3)15(10-14)17(21)19-9-8-13(11-18)12-19/h6-7,10,13H,4-5,8-9,11-12,18H2,1-3H3. The lowest BCUT2D eigenvalue weighted by Crippen LogP contribution is -2.32. The summed E-state index contributed by atoms with van der Waals surface area (Å²) in [7, 11) is -2.16. The maximum atomic E-state index is 12.9.